The second kappa shape index (κ2) is 7.86. The summed E-state index contributed by atoms with van der Waals surface area (Å²) in [6.45, 7) is 3.03. The van der Waals surface area contributed by atoms with Gasteiger partial charge in [-0.1, -0.05) is 25.7 Å². The van der Waals surface area contributed by atoms with E-state index >= 15 is 0 Å². The fraction of sp³-hybridized carbons (Fsp3) is 0.684. The number of ether oxygens (including phenoxy) is 1. The second-order valence-electron chi connectivity index (χ2n) is 6.87. The number of aromatic nitrogens is 1. The van der Waals surface area contributed by atoms with Crippen LogP contribution in [-0.2, 0) is 13.0 Å². The lowest BCUT2D eigenvalue weighted by molar-refractivity contribution is 0.0921. The van der Waals surface area contributed by atoms with E-state index in [4.69, 9.17) is 4.74 Å². The highest BCUT2D eigenvalue weighted by Gasteiger charge is 2.25. The molecular weight excluding hydrogens is 304 g/mol. The van der Waals surface area contributed by atoms with Crippen molar-refractivity contribution in [3.05, 3.63) is 27.7 Å². The average Bonchev–Trinajstić information content (AvgIpc) is 2.82. The molecule has 5 nitrogen and oxygen atoms in total. The van der Waals surface area contributed by atoms with E-state index in [0.29, 0.717) is 24.5 Å². The molecule has 24 heavy (non-hydrogen) atoms. The molecule has 132 valence electrons. The number of hydrogen-bond donors (Lipinski definition) is 1. The number of carbonyl (C=O) groups excluding carboxylic acids is 1. The van der Waals surface area contributed by atoms with E-state index < -0.39 is 0 Å². The molecule has 1 aliphatic carbocycles. The molecule has 1 aliphatic heterocycles. The summed E-state index contributed by atoms with van der Waals surface area (Å²) in [5.74, 6) is 0.375. The smallest absolute Gasteiger partial charge is 0.257 e. The summed E-state index contributed by atoms with van der Waals surface area (Å²) in [5.41, 5.74) is 1.39. The Morgan fingerprint density at radius 1 is 1.21 bits per heavy atom. The largest absolute Gasteiger partial charge is 0.493 e. The number of nitrogens with zero attached hydrogens (tertiary/aromatic N) is 1. The number of carbonyl (C=O) groups is 1. The quantitative estimate of drug-likeness (QED) is 0.922. The first kappa shape index (κ1) is 17.1. The third-order valence-corrected chi connectivity index (χ3v) is 5.14. The van der Waals surface area contributed by atoms with E-state index in [2.05, 4.69) is 5.32 Å². The van der Waals surface area contributed by atoms with Gasteiger partial charge in [-0.2, -0.15) is 0 Å². The molecular formula is C19H28N2O3. The topological polar surface area (TPSA) is 60.3 Å². The minimum atomic E-state index is -0.0731. The van der Waals surface area contributed by atoms with Crippen LogP contribution in [0.1, 0.15) is 74.3 Å². The Balaban J connectivity index is 1.96. The summed E-state index contributed by atoms with van der Waals surface area (Å²) in [6.07, 6.45) is 9.56. The van der Waals surface area contributed by atoms with Gasteiger partial charge in [-0.15, -0.1) is 0 Å². The van der Waals surface area contributed by atoms with E-state index in [0.717, 1.165) is 44.2 Å². The Morgan fingerprint density at radius 3 is 2.71 bits per heavy atom. The summed E-state index contributed by atoms with van der Waals surface area (Å²) >= 11 is 0. The minimum Gasteiger partial charge on any atom is -0.493 e. The van der Waals surface area contributed by atoms with Crippen LogP contribution in [0.15, 0.2) is 10.9 Å². The number of pyridine rings is 1. The third kappa shape index (κ3) is 3.65. The monoisotopic (exact) mass is 332 g/mol. The Morgan fingerprint density at radius 2 is 1.96 bits per heavy atom. The molecule has 1 saturated carbocycles. The maximum absolute atomic E-state index is 13.0. The zero-order valence-electron chi connectivity index (χ0n) is 14.6. The number of amides is 1. The van der Waals surface area contributed by atoms with Crippen molar-refractivity contribution in [3.8, 4) is 5.75 Å². The van der Waals surface area contributed by atoms with Crippen molar-refractivity contribution in [2.75, 3.05) is 6.61 Å². The van der Waals surface area contributed by atoms with Crippen LogP contribution < -0.4 is 15.6 Å². The number of fused-ring (bicyclic) bond motifs is 1. The summed E-state index contributed by atoms with van der Waals surface area (Å²) < 4.78 is 7.44. The molecule has 1 fully saturated rings. The Bertz CT molecular complexity index is 645. The highest BCUT2D eigenvalue weighted by molar-refractivity contribution is 5.98. The fourth-order valence-corrected chi connectivity index (χ4v) is 3.93. The Kier molecular flexibility index (Phi) is 5.59. The summed E-state index contributed by atoms with van der Waals surface area (Å²) in [4.78, 5) is 25.4. The summed E-state index contributed by atoms with van der Waals surface area (Å²) in [7, 11) is 0. The molecule has 3 rings (SSSR count). The molecule has 2 aliphatic rings. The van der Waals surface area contributed by atoms with Gasteiger partial charge in [0.25, 0.3) is 11.5 Å². The van der Waals surface area contributed by atoms with Gasteiger partial charge in [0.1, 0.15) is 11.3 Å². The van der Waals surface area contributed by atoms with Gasteiger partial charge in [-0.25, -0.2) is 0 Å². The predicted octanol–water partition coefficient (Wildman–Crippen LogP) is 3.04. The van der Waals surface area contributed by atoms with Crippen molar-refractivity contribution in [1.29, 1.82) is 0 Å². The maximum Gasteiger partial charge on any atom is 0.257 e. The van der Waals surface area contributed by atoms with Gasteiger partial charge in [0, 0.05) is 24.3 Å². The lowest BCUT2D eigenvalue weighted by Gasteiger charge is -2.24. The van der Waals surface area contributed by atoms with E-state index in [1.54, 1.807) is 4.57 Å². The van der Waals surface area contributed by atoms with Crippen LogP contribution in [0, 0.1) is 0 Å². The van der Waals surface area contributed by atoms with Crippen molar-refractivity contribution in [3.63, 3.8) is 0 Å². The first-order valence-electron chi connectivity index (χ1n) is 9.41. The van der Waals surface area contributed by atoms with Gasteiger partial charge in [-0.3, -0.25) is 9.59 Å². The molecule has 0 atom stereocenters. The summed E-state index contributed by atoms with van der Waals surface area (Å²) in [5, 5.41) is 3.19. The fourth-order valence-electron chi connectivity index (χ4n) is 3.93. The lowest BCUT2D eigenvalue weighted by Crippen LogP contribution is -2.38. The first-order valence-corrected chi connectivity index (χ1v) is 9.41. The first-order chi connectivity index (χ1) is 11.7. The van der Waals surface area contributed by atoms with Gasteiger partial charge in [0.2, 0.25) is 0 Å². The van der Waals surface area contributed by atoms with Crippen molar-refractivity contribution in [2.24, 2.45) is 0 Å². The summed E-state index contributed by atoms with van der Waals surface area (Å²) in [6, 6.07) is 1.74. The van der Waals surface area contributed by atoms with Gasteiger partial charge in [0.15, 0.2) is 0 Å². The molecule has 5 heteroatoms. The third-order valence-electron chi connectivity index (χ3n) is 5.14. The van der Waals surface area contributed by atoms with Gasteiger partial charge >= 0.3 is 0 Å². The van der Waals surface area contributed by atoms with Crippen LogP contribution in [0.5, 0.6) is 5.75 Å². The molecule has 1 aromatic rings. The standard InChI is InChI=1S/C19H28N2O3/c1-2-24-16-13-17(22)21-12-8-4-7-11-15(21)18(16)19(23)20-14-9-5-3-6-10-14/h13-14H,2-12H2,1H3,(H,20,23). The lowest BCUT2D eigenvalue weighted by atomic mass is 9.95. The number of rotatable bonds is 4. The van der Waals surface area contributed by atoms with Gasteiger partial charge in [-0.05, 0) is 39.0 Å². The average molecular weight is 332 g/mol. The molecule has 1 aromatic heterocycles. The normalized spacial score (nSPS) is 18.5. The number of nitrogens with one attached hydrogen (secondary N) is 1. The van der Waals surface area contributed by atoms with Crippen molar-refractivity contribution in [2.45, 2.75) is 77.3 Å². The van der Waals surface area contributed by atoms with Crippen LogP contribution in [0.2, 0.25) is 0 Å². The molecule has 1 amide bonds. The maximum atomic E-state index is 13.0. The minimum absolute atomic E-state index is 0.0513. The molecule has 0 saturated heterocycles. The van der Waals surface area contributed by atoms with E-state index in [1.165, 1.54) is 25.3 Å². The second-order valence-corrected chi connectivity index (χ2v) is 6.87. The molecule has 0 radical (unpaired) electrons. The van der Waals surface area contributed by atoms with Crippen LogP contribution >= 0.6 is 0 Å². The van der Waals surface area contributed by atoms with Crippen LogP contribution in [0.3, 0.4) is 0 Å². The van der Waals surface area contributed by atoms with Gasteiger partial charge < -0.3 is 14.6 Å². The molecule has 0 spiro atoms. The SMILES string of the molecule is CCOc1cc(=O)n2c(c1C(=O)NC1CCCCC1)CCCCC2. The Labute approximate surface area is 143 Å². The van der Waals surface area contributed by atoms with Crippen LogP contribution in [-0.4, -0.2) is 23.1 Å². The van der Waals surface area contributed by atoms with Crippen molar-refractivity contribution >= 4 is 5.91 Å². The number of hydrogen-bond acceptors (Lipinski definition) is 3. The van der Waals surface area contributed by atoms with Crippen molar-refractivity contribution in [1.82, 2.24) is 9.88 Å². The zero-order chi connectivity index (χ0) is 16.9. The molecule has 0 aromatic carbocycles. The van der Waals surface area contributed by atoms with E-state index in [1.807, 2.05) is 6.92 Å². The molecule has 0 unspecified atom stereocenters. The molecule has 0 bridgehead atoms. The van der Waals surface area contributed by atoms with E-state index in [-0.39, 0.29) is 17.5 Å². The highest BCUT2D eigenvalue weighted by atomic mass is 16.5. The predicted molar refractivity (Wildman–Crippen MR) is 93.8 cm³/mol. The van der Waals surface area contributed by atoms with Crippen LogP contribution in [0.4, 0.5) is 0 Å². The zero-order valence-corrected chi connectivity index (χ0v) is 14.6. The highest BCUT2D eigenvalue weighted by Crippen LogP contribution is 2.26. The molecule has 2 heterocycles. The van der Waals surface area contributed by atoms with Crippen LogP contribution in [0.25, 0.3) is 0 Å². The molecule has 1 N–H and O–H groups in total. The Hall–Kier alpha value is -1.78. The van der Waals surface area contributed by atoms with Crippen molar-refractivity contribution < 1.29 is 9.53 Å². The van der Waals surface area contributed by atoms with E-state index in [9.17, 15) is 9.59 Å². The van der Waals surface area contributed by atoms with Gasteiger partial charge in [0.05, 0.1) is 6.61 Å².